The van der Waals surface area contributed by atoms with Crippen LogP contribution in [0.4, 0.5) is 14.9 Å². The highest BCUT2D eigenvalue weighted by Crippen LogP contribution is 2.28. The lowest BCUT2D eigenvalue weighted by Gasteiger charge is -2.19. The average molecular weight is 444 g/mol. The number of carbonyl (C=O) groups excluding carboxylic acids is 1. The van der Waals surface area contributed by atoms with Gasteiger partial charge < -0.3 is 10.2 Å². The average Bonchev–Trinajstić information content (AvgIpc) is 3.17. The van der Waals surface area contributed by atoms with Gasteiger partial charge in [-0.05, 0) is 36.8 Å². The molecule has 31 heavy (non-hydrogen) atoms. The van der Waals surface area contributed by atoms with Crippen molar-refractivity contribution >= 4 is 23.5 Å². The van der Waals surface area contributed by atoms with Crippen molar-refractivity contribution in [2.75, 3.05) is 14.1 Å². The predicted molar refractivity (Wildman–Crippen MR) is 115 cm³/mol. The van der Waals surface area contributed by atoms with Crippen LogP contribution in [0.2, 0.25) is 0 Å². The van der Waals surface area contributed by atoms with Crippen molar-refractivity contribution in [2.45, 2.75) is 23.9 Å². The number of benzene rings is 2. The van der Waals surface area contributed by atoms with E-state index in [9.17, 15) is 19.3 Å². The molecule has 1 atom stereocenters. The van der Waals surface area contributed by atoms with Gasteiger partial charge >= 0.3 is 6.03 Å². The van der Waals surface area contributed by atoms with Crippen LogP contribution in [0, 0.1) is 15.9 Å². The number of carbonyl (C=O) groups is 1. The summed E-state index contributed by atoms with van der Waals surface area (Å²) in [4.78, 5) is 24.0. The van der Waals surface area contributed by atoms with E-state index in [1.807, 2.05) is 0 Å². The molecule has 0 saturated heterocycles. The molecule has 9 nitrogen and oxygen atoms in total. The monoisotopic (exact) mass is 444 g/mol. The summed E-state index contributed by atoms with van der Waals surface area (Å²) in [6.45, 7) is 1.78. The Bertz CT molecular complexity index is 1070. The summed E-state index contributed by atoms with van der Waals surface area (Å²) in [5.41, 5.74) is 1.49. The van der Waals surface area contributed by atoms with Crippen LogP contribution >= 0.6 is 11.8 Å². The number of amides is 2. The lowest BCUT2D eigenvalue weighted by atomic mass is 10.2. The Morgan fingerprint density at radius 2 is 1.84 bits per heavy atom. The molecule has 1 N–H and O–H groups in total. The zero-order valence-electron chi connectivity index (χ0n) is 17.2. The Balaban J connectivity index is 1.94. The molecule has 11 heteroatoms. The van der Waals surface area contributed by atoms with E-state index in [1.54, 1.807) is 49.9 Å². The molecular weight excluding hydrogens is 423 g/mol. The van der Waals surface area contributed by atoms with Crippen LogP contribution in [0.1, 0.15) is 24.4 Å². The van der Waals surface area contributed by atoms with Crippen LogP contribution in [0.25, 0.3) is 5.69 Å². The minimum Gasteiger partial charge on any atom is -0.331 e. The van der Waals surface area contributed by atoms with Crippen LogP contribution in [0.3, 0.4) is 0 Å². The quantitative estimate of drug-likeness (QED) is 0.336. The number of nitro benzene ring substituents is 1. The second kappa shape index (κ2) is 9.56. The summed E-state index contributed by atoms with van der Waals surface area (Å²) in [5.74, 6) is 0.685. The minimum absolute atomic E-state index is 0.0344. The maximum atomic E-state index is 13.2. The fourth-order valence-corrected chi connectivity index (χ4v) is 3.64. The van der Waals surface area contributed by atoms with Gasteiger partial charge in [-0.3, -0.25) is 14.7 Å². The van der Waals surface area contributed by atoms with Crippen molar-refractivity contribution in [3.8, 4) is 5.69 Å². The molecular formula is C20H21FN6O3S. The van der Waals surface area contributed by atoms with E-state index in [1.165, 1.54) is 40.9 Å². The smallest absolute Gasteiger partial charge is 0.317 e. The van der Waals surface area contributed by atoms with E-state index in [0.717, 1.165) is 5.56 Å². The number of aromatic nitrogens is 3. The Morgan fingerprint density at radius 3 is 2.42 bits per heavy atom. The van der Waals surface area contributed by atoms with E-state index in [2.05, 4.69) is 15.5 Å². The normalized spacial score (nSPS) is 11.7. The molecule has 0 aliphatic heterocycles. The Kier molecular flexibility index (Phi) is 6.85. The van der Waals surface area contributed by atoms with Gasteiger partial charge in [-0.15, -0.1) is 10.2 Å². The van der Waals surface area contributed by atoms with Crippen LogP contribution in [0.15, 0.2) is 53.7 Å². The van der Waals surface area contributed by atoms with Gasteiger partial charge in [0.15, 0.2) is 11.0 Å². The third-order valence-corrected chi connectivity index (χ3v) is 5.39. The van der Waals surface area contributed by atoms with Crippen molar-refractivity contribution in [2.24, 2.45) is 0 Å². The molecule has 3 rings (SSSR count). The number of hydrogen-bond donors (Lipinski definition) is 1. The maximum Gasteiger partial charge on any atom is 0.317 e. The molecule has 0 aliphatic rings. The number of nitrogens with zero attached hydrogens (tertiary/aromatic N) is 5. The highest BCUT2D eigenvalue weighted by Gasteiger charge is 2.22. The van der Waals surface area contributed by atoms with Crippen molar-refractivity contribution in [1.82, 2.24) is 25.0 Å². The molecule has 1 heterocycles. The topological polar surface area (TPSA) is 106 Å². The van der Waals surface area contributed by atoms with Crippen LogP contribution in [-0.4, -0.2) is 44.7 Å². The fourth-order valence-electron chi connectivity index (χ4n) is 2.73. The molecule has 0 saturated carbocycles. The molecule has 0 fully saturated rings. The number of nitro groups is 1. The van der Waals surface area contributed by atoms with Gasteiger partial charge in [0.1, 0.15) is 5.82 Å². The first-order valence-electron chi connectivity index (χ1n) is 9.31. The molecule has 0 radical (unpaired) electrons. The predicted octanol–water partition coefficient (Wildman–Crippen LogP) is 3.94. The summed E-state index contributed by atoms with van der Waals surface area (Å²) < 4.78 is 14.9. The van der Waals surface area contributed by atoms with Gasteiger partial charge in [0.05, 0.1) is 11.0 Å². The number of urea groups is 1. The molecule has 162 valence electrons. The van der Waals surface area contributed by atoms with Gasteiger partial charge in [-0.2, -0.15) is 0 Å². The first kappa shape index (κ1) is 22.2. The van der Waals surface area contributed by atoms with Crippen molar-refractivity contribution in [1.29, 1.82) is 0 Å². The summed E-state index contributed by atoms with van der Waals surface area (Å²) in [5, 5.41) is 22.9. The number of non-ortho nitro benzene ring substituents is 1. The third kappa shape index (κ3) is 5.37. The highest BCUT2D eigenvalue weighted by atomic mass is 32.2. The van der Waals surface area contributed by atoms with E-state index >= 15 is 0 Å². The van der Waals surface area contributed by atoms with Gasteiger partial charge in [0.2, 0.25) is 0 Å². The third-order valence-electron chi connectivity index (χ3n) is 4.39. The summed E-state index contributed by atoms with van der Waals surface area (Å²) >= 11 is 1.38. The number of thioether (sulfide) groups is 1. The van der Waals surface area contributed by atoms with Crippen LogP contribution in [0.5, 0.6) is 0 Å². The standard InChI is InChI=1S/C20H21FN6O3S/c1-13(22-19(28)25(2)3)18-23-24-20(31-12-14-4-6-15(21)7-5-14)26(18)16-8-10-17(11-9-16)27(29)30/h4-11,13H,12H2,1-3H3,(H,22,28). The Hall–Kier alpha value is -3.47. The fraction of sp³-hybridized carbons (Fsp3) is 0.250. The van der Waals surface area contributed by atoms with Gasteiger partial charge in [-0.1, -0.05) is 23.9 Å². The molecule has 2 aromatic carbocycles. The summed E-state index contributed by atoms with van der Waals surface area (Å²) in [6, 6.07) is 11.4. The Morgan fingerprint density at radius 1 is 1.19 bits per heavy atom. The summed E-state index contributed by atoms with van der Waals surface area (Å²) in [7, 11) is 3.26. The zero-order valence-corrected chi connectivity index (χ0v) is 18.0. The van der Waals surface area contributed by atoms with E-state index in [4.69, 9.17) is 0 Å². The largest absolute Gasteiger partial charge is 0.331 e. The lowest BCUT2D eigenvalue weighted by molar-refractivity contribution is -0.384. The molecule has 0 aliphatic carbocycles. The number of nitrogens with one attached hydrogen (secondary N) is 1. The first-order chi connectivity index (χ1) is 14.8. The molecule has 2 amide bonds. The van der Waals surface area contributed by atoms with E-state index < -0.39 is 11.0 Å². The highest BCUT2D eigenvalue weighted by molar-refractivity contribution is 7.98. The van der Waals surface area contributed by atoms with Crippen molar-refractivity contribution in [3.63, 3.8) is 0 Å². The van der Waals surface area contributed by atoms with Gasteiger partial charge in [0, 0.05) is 37.7 Å². The second-order valence-corrected chi connectivity index (χ2v) is 7.87. The SMILES string of the molecule is CC(NC(=O)N(C)C)c1nnc(SCc2ccc(F)cc2)n1-c1ccc([N+](=O)[O-])cc1. The van der Waals surface area contributed by atoms with Crippen LogP contribution in [-0.2, 0) is 5.75 Å². The Labute approximate surface area is 182 Å². The van der Waals surface area contributed by atoms with E-state index in [0.29, 0.717) is 22.4 Å². The molecule has 3 aromatic rings. The van der Waals surface area contributed by atoms with Gasteiger partial charge in [-0.25, -0.2) is 9.18 Å². The van der Waals surface area contributed by atoms with Crippen LogP contribution < -0.4 is 5.32 Å². The molecule has 1 unspecified atom stereocenters. The summed E-state index contributed by atoms with van der Waals surface area (Å²) in [6.07, 6.45) is 0. The molecule has 0 bridgehead atoms. The van der Waals surface area contributed by atoms with Crippen molar-refractivity contribution < 1.29 is 14.1 Å². The number of rotatable bonds is 7. The lowest BCUT2D eigenvalue weighted by Crippen LogP contribution is -2.37. The minimum atomic E-state index is -0.474. The van der Waals surface area contributed by atoms with Gasteiger partial charge in [0.25, 0.3) is 5.69 Å². The van der Waals surface area contributed by atoms with E-state index in [-0.39, 0.29) is 17.5 Å². The maximum absolute atomic E-state index is 13.2. The molecule has 1 aromatic heterocycles. The number of hydrogen-bond acceptors (Lipinski definition) is 6. The second-order valence-electron chi connectivity index (χ2n) is 6.93. The number of halogens is 1. The van der Waals surface area contributed by atoms with Crippen molar-refractivity contribution in [3.05, 3.63) is 75.9 Å². The first-order valence-corrected chi connectivity index (χ1v) is 10.3. The zero-order chi connectivity index (χ0) is 22.5. The molecule has 0 spiro atoms.